The van der Waals surface area contributed by atoms with E-state index in [1.54, 1.807) is 46.3 Å². The van der Waals surface area contributed by atoms with Gasteiger partial charge in [-0.25, -0.2) is 18.7 Å². The van der Waals surface area contributed by atoms with Crippen LogP contribution in [0.1, 0.15) is 19.4 Å². The second kappa shape index (κ2) is 10.5. The Bertz CT molecular complexity index is 1540. The topological polar surface area (TPSA) is 100 Å². The number of nitrogens with zero attached hydrogens (tertiary/aromatic N) is 6. The molecule has 0 spiro atoms. The molecule has 0 atom stereocenters. The number of amides is 1. The van der Waals surface area contributed by atoms with Crippen LogP contribution >= 0.6 is 0 Å². The third kappa shape index (κ3) is 5.12. The van der Waals surface area contributed by atoms with Crippen molar-refractivity contribution in [1.29, 1.82) is 0 Å². The number of halogens is 2. The van der Waals surface area contributed by atoms with Gasteiger partial charge in [0.2, 0.25) is 11.9 Å². The molecular weight excluding hydrogens is 518 g/mol. The molecule has 6 rings (SSSR count). The minimum absolute atomic E-state index is 0.0407. The van der Waals surface area contributed by atoms with Gasteiger partial charge in [0.15, 0.2) is 0 Å². The number of benzene rings is 1. The van der Waals surface area contributed by atoms with E-state index in [9.17, 15) is 4.79 Å². The Labute approximate surface area is 230 Å². The van der Waals surface area contributed by atoms with Crippen LogP contribution in [-0.4, -0.2) is 75.3 Å². The van der Waals surface area contributed by atoms with Gasteiger partial charge in [-0.1, -0.05) is 0 Å². The summed E-state index contributed by atoms with van der Waals surface area (Å²) in [7, 11) is 0. The summed E-state index contributed by atoms with van der Waals surface area (Å²) in [5.41, 5.74) is 0.829. The fourth-order valence-corrected chi connectivity index (χ4v) is 5.04. The number of carbonyl (C=O) groups is 1. The number of fused-ring (bicyclic) bond motifs is 1. The summed E-state index contributed by atoms with van der Waals surface area (Å²) in [6.07, 6.45) is 4.97. The van der Waals surface area contributed by atoms with E-state index in [2.05, 4.69) is 25.6 Å². The summed E-state index contributed by atoms with van der Waals surface area (Å²) < 4.78 is 37.2. The van der Waals surface area contributed by atoms with Gasteiger partial charge >= 0.3 is 0 Å². The monoisotopic (exact) mass is 548 g/mol. The highest BCUT2D eigenvalue weighted by molar-refractivity contribution is 6.00. The Hall–Kier alpha value is -4.00. The first kappa shape index (κ1) is 26.2. The Morgan fingerprint density at radius 1 is 1.07 bits per heavy atom. The molecule has 2 N–H and O–H groups in total. The molecule has 5 heterocycles. The molecule has 2 aliphatic heterocycles. The zero-order valence-electron chi connectivity index (χ0n) is 22.3. The number of hydrogen-bond acceptors (Lipinski definition) is 8. The summed E-state index contributed by atoms with van der Waals surface area (Å²) in [4.78, 5) is 29.9. The molecule has 2 fully saturated rings. The van der Waals surface area contributed by atoms with E-state index >= 15 is 8.78 Å². The van der Waals surface area contributed by atoms with Crippen LogP contribution in [0.15, 0.2) is 48.9 Å². The fourth-order valence-electron chi connectivity index (χ4n) is 5.04. The zero-order valence-corrected chi connectivity index (χ0v) is 22.3. The normalized spacial score (nSPS) is 17.9. The highest BCUT2D eigenvalue weighted by Gasteiger charge is 2.36. The van der Waals surface area contributed by atoms with Crippen molar-refractivity contribution in [2.75, 3.05) is 49.6 Å². The summed E-state index contributed by atoms with van der Waals surface area (Å²) in [6.45, 7) is 7.43. The van der Waals surface area contributed by atoms with Crippen LogP contribution in [0, 0.1) is 11.6 Å². The minimum Gasteiger partial charge on any atom is -0.379 e. The number of hydrogen-bond donors (Lipinski definition) is 2. The maximum atomic E-state index is 15.1. The summed E-state index contributed by atoms with van der Waals surface area (Å²) in [5.74, 6) is -0.454. The van der Waals surface area contributed by atoms with Gasteiger partial charge in [-0.15, -0.1) is 0 Å². The van der Waals surface area contributed by atoms with Crippen LogP contribution in [0.25, 0.3) is 16.7 Å². The number of ether oxygens (including phenoxy) is 1. The first-order valence-electron chi connectivity index (χ1n) is 13.2. The van der Waals surface area contributed by atoms with E-state index in [0.717, 1.165) is 0 Å². The molecule has 1 amide bonds. The molecule has 3 aromatic heterocycles. The number of aromatic nitrogens is 4. The second-order valence-corrected chi connectivity index (χ2v) is 10.5. The average Bonchev–Trinajstić information content (AvgIpc) is 3.36. The summed E-state index contributed by atoms with van der Waals surface area (Å²) in [6, 6.07) is 7.97. The highest BCUT2D eigenvalue weighted by Crippen LogP contribution is 2.26. The van der Waals surface area contributed by atoms with Crippen molar-refractivity contribution in [2.45, 2.75) is 25.9 Å². The van der Waals surface area contributed by atoms with Gasteiger partial charge in [0, 0.05) is 74.0 Å². The lowest BCUT2D eigenvalue weighted by molar-refractivity contribution is -0.125. The molecule has 0 unspecified atom stereocenters. The van der Waals surface area contributed by atoms with Gasteiger partial charge in [0.25, 0.3) is 0 Å². The molecule has 0 radical (unpaired) electrons. The first-order chi connectivity index (χ1) is 19.3. The molecule has 10 nitrogen and oxygen atoms in total. The van der Waals surface area contributed by atoms with Crippen molar-refractivity contribution in [3.8, 4) is 5.69 Å². The number of carbonyl (C=O) groups excluding carboxylic acids is 1. The van der Waals surface area contributed by atoms with E-state index in [1.165, 1.54) is 12.1 Å². The largest absolute Gasteiger partial charge is 0.379 e. The number of pyridine rings is 1. The molecule has 4 aromatic rings. The van der Waals surface area contributed by atoms with Crippen LogP contribution in [0.2, 0.25) is 0 Å². The quantitative estimate of drug-likeness (QED) is 0.378. The maximum Gasteiger partial charge on any atom is 0.247 e. The van der Waals surface area contributed by atoms with Gasteiger partial charge in [-0.3, -0.25) is 14.6 Å². The zero-order chi connectivity index (χ0) is 27.9. The summed E-state index contributed by atoms with van der Waals surface area (Å²) in [5, 5.41) is 7.09. The molecule has 0 aliphatic carbocycles. The predicted octanol–water partition coefficient (Wildman–Crippen LogP) is 3.38. The lowest BCUT2D eigenvalue weighted by Gasteiger charge is -2.37. The average molecular weight is 549 g/mol. The van der Waals surface area contributed by atoms with E-state index < -0.39 is 17.2 Å². The second-order valence-electron chi connectivity index (χ2n) is 10.5. The van der Waals surface area contributed by atoms with E-state index in [-0.39, 0.29) is 18.0 Å². The summed E-state index contributed by atoms with van der Waals surface area (Å²) >= 11 is 0. The molecule has 12 heteroatoms. The number of rotatable bonds is 6. The lowest BCUT2D eigenvalue weighted by Crippen LogP contribution is -2.61. The molecule has 0 saturated carbocycles. The van der Waals surface area contributed by atoms with Crippen molar-refractivity contribution < 1.29 is 18.3 Å². The minimum atomic E-state index is -0.678. The van der Waals surface area contributed by atoms with Crippen molar-refractivity contribution in [2.24, 2.45) is 0 Å². The SMILES string of the molecule is CC1(C)NCCN(c2cc(Nc3ncc4ccn(-c5cc(F)c(CN6CCOCC6)c(F)c5)c4n3)ccn2)C1=O. The predicted molar refractivity (Wildman–Crippen MR) is 147 cm³/mol. The fraction of sp³-hybridized carbons (Fsp3) is 0.357. The van der Waals surface area contributed by atoms with Gasteiger partial charge in [-0.2, -0.15) is 4.98 Å². The number of piperazine rings is 1. The van der Waals surface area contributed by atoms with Crippen LogP contribution < -0.4 is 15.5 Å². The molecule has 208 valence electrons. The van der Waals surface area contributed by atoms with Crippen LogP contribution in [0.4, 0.5) is 26.2 Å². The molecule has 0 bridgehead atoms. The van der Waals surface area contributed by atoms with E-state index in [4.69, 9.17) is 4.74 Å². The standard InChI is InChI=1S/C28H30F2N8O2/c1-28(2)26(39)38(8-6-33-28)24-13-19(3-5-31-24)34-27-32-16-18-4-7-37(25(18)35-27)20-14-22(29)21(23(30)15-20)17-36-9-11-40-12-10-36/h3-5,7,13-16,33H,6,8-12,17H2,1-2H3,(H,31,32,34,35). The Kier molecular flexibility index (Phi) is 6.90. The molecule has 40 heavy (non-hydrogen) atoms. The highest BCUT2D eigenvalue weighted by atomic mass is 19.1. The van der Waals surface area contributed by atoms with Gasteiger partial charge in [-0.05, 0) is 38.1 Å². The van der Waals surface area contributed by atoms with E-state index in [1.807, 2.05) is 18.7 Å². The van der Waals surface area contributed by atoms with Crippen LogP contribution in [-0.2, 0) is 16.1 Å². The van der Waals surface area contributed by atoms with Crippen molar-refractivity contribution in [1.82, 2.24) is 29.7 Å². The molecule has 2 saturated heterocycles. The smallest absolute Gasteiger partial charge is 0.247 e. The van der Waals surface area contributed by atoms with Crippen LogP contribution in [0.5, 0.6) is 0 Å². The van der Waals surface area contributed by atoms with Crippen molar-refractivity contribution in [3.05, 3.63) is 66.1 Å². The molecular formula is C28H30F2N8O2. The maximum absolute atomic E-state index is 15.1. The lowest BCUT2D eigenvalue weighted by atomic mass is 10.0. The van der Waals surface area contributed by atoms with Crippen LogP contribution in [0.3, 0.4) is 0 Å². The Morgan fingerprint density at radius 2 is 1.85 bits per heavy atom. The number of morpholine rings is 1. The van der Waals surface area contributed by atoms with Crippen molar-refractivity contribution in [3.63, 3.8) is 0 Å². The Morgan fingerprint density at radius 3 is 2.62 bits per heavy atom. The van der Waals surface area contributed by atoms with Gasteiger partial charge in [0.05, 0.1) is 24.4 Å². The van der Waals surface area contributed by atoms with E-state index in [0.29, 0.717) is 73.6 Å². The number of anilines is 3. The number of nitrogens with one attached hydrogen (secondary N) is 2. The third-order valence-electron chi connectivity index (χ3n) is 7.28. The molecule has 1 aromatic carbocycles. The van der Waals surface area contributed by atoms with Gasteiger partial charge < -0.3 is 19.9 Å². The van der Waals surface area contributed by atoms with Crippen molar-refractivity contribution >= 4 is 34.4 Å². The Balaban J connectivity index is 1.26. The first-order valence-corrected chi connectivity index (χ1v) is 13.2. The third-order valence-corrected chi connectivity index (χ3v) is 7.28. The molecule has 2 aliphatic rings. The van der Waals surface area contributed by atoms with Gasteiger partial charge in [0.1, 0.15) is 23.1 Å².